The number of esters is 2. The molecule has 13 heteroatoms. The lowest BCUT2D eigenvalue weighted by Gasteiger charge is -2.40. The maximum atomic E-state index is 12.7. The second kappa shape index (κ2) is 32.2. The van der Waals surface area contributed by atoms with E-state index in [0.717, 1.165) is 64.2 Å². The Hall–Kier alpha value is -1.87. The molecular formula is C41H74O12S. The van der Waals surface area contributed by atoms with Gasteiger partial charge in [0.1, 0.15) is 36.8 Å². The molecule has 0 radical (unpaired) electrons. The number of allylic oxidation sites excluding steroid dienone is 4. The van der Waals surface area contributed by atoms with Crippen LogP contribution in [0.5, 0.6) is 0 Å². The highest BCUT2D eigenvalue weighted by Crippen LogP contribution is 2.24. The van der Waals surface area contributed by atoms with Gasteiger partial charge in [0.05, 0.1) is 6.61 Å². The molecule has 1 fully saturated rings. The number of hydrogen-bond donors (Lipinski definition) is 4. The molecule has 0 spiro atoms. The summed E-state index contributed by atoms with van der Waals surface area (Å²) in [7, 11) is -4.60. The number of hydrogen-bond acceptors (Lipinski definition) is 11. The van der Waals surface area contributed by atoms with Crippen LogP contribution in [0.1, 0.15) is 168 Å². The fraction of sp³-hybridized carbons (Fsp3) is 0.854. The molecule has 0 aliphatic carbocycles. The predicted octanol–water partition coefficient (Wildman–Crippen LogP) is 7.67. The van der Waals surface area contributed by atoms with Crippen LogP contribution in [0.3, 0.4) is 0 Å². The van der Waals surface area contributed by atoms with Crippen LogP contribution in [0.2, 0.25) is 0 Å². The summed E-state index contributed by atoms with van der Waals surface area (Å²) in [4.78, 5) is 25.3. The Balaban J connectivity index is 2.51. The molecule has 1 saturated heterocycles. The molecule has 0 bridgehead atoms. The molecular weight excluding hydrogens is 717 g/mol. The van der Waals surface area contributed by atoms with Gasteiger partial charge < -0.3 is 34.3 Å². The first-order chi connectivity index (χ1) is 26.0. The van der Waals surface area contributed by atoms with Crippen LogP contribution in [-0.4, -0.2) is 96.0 Å². The molecule has 4 N–H and O–H groups in total. The number of unbranched alkanes of at least 4 members (excludes halogenated alkanes) is 18. The Morgan fingerprint density at radius 1 is 0.611 bits per heavy atom. The van der Waals surface area contributed by atoms with Gasteiger partial charge in [0.2, 0.25) is 0 Å². The van der Waals surface area contributed by atoms with Crippen LogP contribution < -0.4 is 0 Å². The molecule has 0 saturated carbocycles. The molecule has 316 valence electrons. The minimum atomic E-state index is -4.60. The van der Waals surface area contributed by atoms with Gasteiger partial charge in [-0.15, -0.1) is 0 Å². The van der Waals surface area contributed by atoms with Gasteiger partial charge in [0.25, 0.3) is 10.1 Å². The first kappa shape index (κ1) is 50.1. The summed E-state index contributed by atoms with van der Waals surface area (Å²) in [6.07, 6.45) is 23.7. The van der Waals surface area contributed by atoms with E-state index in [2.05, 4.69) is 38.2 Å². The van der Waals surface area contributed by atoms with Crippen molar-refractivity contribution in [1.29, 1.82) is 0 Å². The third-order valence-corrected chi connectivity index (χ3v) is 10.3. The van der Waals surface area contributed by atoms with Crippen molar-refractivity contribution in [3.63, 3.8) is 0 Å². The predicted molar refractivity (Wildman–Crippen MR) is 210 cm³/mol. The highest BCUT2D eigenvalue weighted by Gasteiger charge is 2.46. The minimum Gasteiger partial charge on any atom is -0.462 e. The molecule has 1 aliphatic heterocycles. The summed E-state index contributed by atoms with van der Waals surface area (Å²) in [6.45, 7) is 3.70. The lowest BCUT2D eigenvalue weighted by molar-refractivity contribution is -0.297. The number of ether oxygens (including phenoxy) is 4. The van der Waals surface area contributed by atoms with Crippen LogP contribution in [0.25, 0.3) is 0 Å². The van der Waals surface area contributed by atoms with E-state index in [1.165, 1.54) is 64.2 Å². The zero-order chi connectivity index (χ0) is 39.9. The zero-order valence-electron chi connectivity index (χ0n) is 33.3. The van der Waals surface area contributed by atoms with Gasteiger partial charge in [-0.1, -0.05) is 115 Å². The quantitative estimate of drug-likeness (QED) is 0.0216. The number of aliphatic hydroxyl groups is 3. The fourth-order valence-electron chi connectivity index (χ4n) is 6.19. The van der Waals surface area contributed by atoms with Gasteiger partial charge in [-0.2, -0.15) is 8.42 Å². The van der Waals surface area contributed by atoms with Crippen molar-refractivity contribution >= 4 is 22.1 Å². The van der Waals surface area contributed by atoms with Crippen LogP contribution >= 0.6 is 0 Å². The van der Waals surface area contributed by atoms with Crippen molar-refractivity contribution in [2.45, 2.75) is 205 Å². The van der Waals surface area contributed by atoms with Crippen molar-refractivity contribution in [3.8, 4) is 0 Å². The average Bonchev–Trinajstić information content (AvgIpc) is 3.13. The van der Waals surface area contributed by atoms with E-state index in [9.17, 15) is 37.9 Å². The molecule has 1 rings (SSSR count). The third kappa shape index (κ3) is 26.9. The Kier molecular flexibility index (Phi) is 29.9. The molecule has 0 amide bonds. The Morgan fingerprint density at radius 2 is 1.06 bits per heavy atom. The van der Waals surface area contributed by atoms with E-state index in [-0.39, 0.29) is 19.4 Å². The van der Waals surface area contributed by atoms with Crippen molar-refractivity contribution in [2.75, 3.05) is 19.0 Å². The number of carbonyl (C=O) groups is 2. The Labute approximate surface area is 326 Å². The monoisotopic (exact) mass is 790 g/mol. The van der Waals surface area contributed by atoms with Gasteiger partial charge in [0, 0.05) is 12.8 Å². The highest BCUT2D eigenvalue weighted by atomic mass is 32.2. The van der Waals surface area contributed by atoms with E-state index in [0.29, 0.717) is 12.8 Å². The van der Waals surface area contributed by atoms with Gasteiger partial charge in [0.15, 0.2) is 12.4 Å². The number of carbonyl (C=O) groups excluding carboxylic acids is 2. The largest absolute Gasteiger partial charge is 0.462 e. The Morgan fingerprint density at radius 3 is 1.52 bits per heavy atom. The Bertz CT molecular complexity index is 1110. The number of rotatable bonds is 34. The standard InChI is InChI=1S/C41H74O12S/c1-3-5-7-9-11-13-15-17-19-21-23-25-27-29-36(42)50-31-34(32-51-41-40(46)39(45)38(44)35(53-41)33-54(47,48)49)52-37(43)30-28-26-24-22-20-18-16-14-12-10-8-6-4-2/h15-18,34-35,38-41,44-46H,3-14,19-33H2,1-2H3,(H,47,48,49)/b17-15+,18-16+/t34?,35-,38-,39+,40-,41+/m1/s1. The van der Waals surface area contributed by atoms with Crippen molar-refractivity contribution in [2.24, 2.45) is 0 Å². The fourth-order valence-corrected chi connectivity index (χ4v) is 6.88. The highest BCUT2D eigenvalue weighted by molar-refractivity contribution is 7.85. The maximum Gasteiger partial charge on any atom is 0.306 e. The molecule has 54 heavy (non-hydrogen) atoms. The van der Waals surface area contributed by atoms with Crippen molar-refractivity contribution < 1.29 is 56.8 Å². The van der Waals surface area contributed by atoms with E-state index in [1.54, 1.807) is 0 Å². The average molecular weight is 791 g/mol. The van der Waals surface area contributed by atoms with Crippen molar-refractivity contribution in [3.05, 3.63) is 24.3 Å². The summed E-state index contributed by atoms with van der Waals surface area (Å²) >= 11 is 0. The first-order valence-corrected chi connectivity index (χ1v) is 22.5. The molecule has 12 nitrogen and oxygen atoms in total. The van der Waals surface area contributed by atoms with E-state index >= 15 is 0 Å². The molecule has 6 atom stereocenters. The summed E-state index contributed by atoms with van der Waals surface area (Å²) in [5.74, 6) is -2.01. The van der Waals surface area contributed by atoms with Crippen molar-refractivity contribution in [1.82, 2.24) is 0 Å². The smallest absolute Gasteiger partial charge is 0.306 e. The van der Waals surface area contributed by atoms with E-state index in [1.807, 2.05) is 0 Å². The number of aliphatic hydroxyl groups excluding tert-OH is 3. The molecule has 0 aromatic carbocycles. The van der Waals surface area contributed by atoms with Crippen LogP contribution in [0.4, 0.5) is 0 Å². The normalized spacial score (nSPS) is 21.2. The van der Waals surface area contributed by atoms with Gasteiger partial charge in [-0.05, 0) is 64.2 Å². The minimum absolute atomic E-state index is 0.149. The summed E-state index contributed by atoms with van der Waals surface area (Å²) < 4.78 is 53.9. The van der Waals surface area contributed by atoms with Crippen LogP contribution in [-0.2, 0) is 38.7 Å². The van der Waals surface area contributed by atoms with Gasteiger partial charge >= 0.3 is 11.9 Å². The molecule has 0 aromatic rings. The van der Waals surface area contributed by atoms with Crippen LogP contribution in [0, 0.1) is 0 Å². The zero-order valence-corrected chi connectivity index (χ0v) is 34.1. The van der Waals surface area contributed by atoms with Crippen LogP contribution in [0.15, 0.2) is 24.3 Å². The van der Waals surface area contributed by atoms with E-state index < -0.39 is 71.2 Å². The molecule has 1 heterocycles. The SMILES string of the molecule is CCCCCCC/C=C/CCCCCCC(=O)OCC(CO[C@H]1O[C@H](CS(=O)(=O)O)[C@@H](O)[C@H](O)[C@H]1O)OC(=O)CCCCCC/C=C/CCCCCCC. The third-order valence-electron chi connectivity index (χ3n) is 9.50. The maximum absolute atomic E-state index is 12.7. The van der Waals surface area contributed by atoms with Gasteiger partial charge in [-0.3, -0.25) is 14.1 Å². The summed E-state index contributed by atoms with van der Waals surface area (Å²) in [5, 5.41) is 30.8. The van der Waals surface area contributed by atoms with E-state index in [4.69, 9.17) is 18.9 Å². The lowest BCUT2D eigenvalue weighted by Crippen LogP contribution is -2.60. The molecule has 1 unspecified atom stereocenters. The van der Waals surface area contributed by atoms with Gasteiger partial charge in [-0.25, -0.2) is 0 Å². The lowest BCUT2D eigenvalue weighted by atomic mass is 10.00. The summed E-state index contributed by atoms with van der Waals surface area (Å²) in [6, 6.07) is 0. The second-order valence-corrected chi connectivity index (χ2v) is 16.1. The second-order valence-electron chi connectivity index (χ2n) is 14.6. The molecule has 1 aliphatic rings. The summed E-state index contributed by atoms with van der Waals surface area (Å²) in [5.41, 5.74) is 0. The topological polar surface area (TPSA) is 186 Å². The first-order valence-electron chi connectivity index (χ1n) is 20.9. The molecule has 0 aromatic heterocycles.